The van der Waals surface area contributed by atoms with Crippen molar-refractivity contribution in [3.8, 4) is 17.6 Å². The van der Waals surface area contributed by atoms with E-state index >= 15 is 0 Å². The maximum atomic E-state index is 12.1. The fourth-order valence-corrected chi connectivity index (χ4v) is 2.75. The highest BCUT2D eigenvalue weighted by molar-refractivity contribution is 5.98. The van der Waals surface area contributed by atoms with Crippen LogP contribution in [0.1, 0.15) is 24.8 Å². The van der Waals surface area contributed by atoms with Crippen LogP contribution in [0.25, 0.3) is 6.08 Å². The summed E-state index contributed by atoms with van der Waals surface area (Å²) in [6.07, 6.45) is 4.44. The van der Waals surface area contributed by atoms with Crippen molar-refractivity contribution in [3.63, 3.8) is 0 Å². The number of esters is 1. The molecule has 25 heavy (non-hydrogen) atoms. The average molecular weight is 342 g/mol. The number of fused-ring (bicyclic) bond motifs is 1. The lowest BCUT2D eigenvalue weighted by Crippen LogP contribution is -2.38. The van der Waals surface area contributed by atoms with Gasteiger partial charge in [-0.1, -0.05) is 6.07 Å². The van der Waals surface area contributed by atoms with Gasteiger partial charge in [0, 0.05) is 13.1 Å². The van der Waals surface area contributed by atoms with E-state index in [9.17, 15) is 14.9 Å². The van der Waals surface area contributed by atoms with Crippen LogP contribution in [0.2, 0.25) is 0 Å². The van der Waals surface area contributed by atoms with E-state index in [1.54, 1.807) is 23.1 Å². The SMILES string of the molecule is N#C/C(=C/c1ccc2c(c1)OCO2)C(=O)OCC(=O)N1CCCCC1. The van der Waals surface area contributed by atoms with E-state index in [0.717, 1.165) is 19.3 Å². The van der Waals surface area contributed by atoms with Gasteiger partial charge in [-0.15, -0.1) is 0 Å². The van der Waals surface area contributed by atoms with Crippen LogP contribution in [-0.2, 0) is 14.3 Å². The van der Waals surface area contributed by atoms with Gasteiger partial charge in [0.25, 0.3) is 5.91 Å². The van der Waals surface area contributed by atoms with Crippen molar-refractivity contribution in [1.29, 1.82) is 5.26 Å². The predicted molar refractivity (Wildman–Crippen MR) is 87.5 cm³/mol. The number of carbonyl (C=O) groups is 2. The van der Waals surface area contributed by atoms with Crippen LogP contribution in [0, 0.1) is 11.3 Å². The lowest BCUT2D eigenvalue weighted by atomic mass is 10.1. The van der Waals surface area contributed by atoms with E-state index in [4.69, 9.17) is 14.2 Å². The normalized spacial score (nSPS) is 16.3. The van der Waals surface area contributed by atoms with Crippen molar-refractivity contribution >= 4 is 18.0 Å². The molecule has 1 amide bonds. The number of likely N-dealkylation sites (tertiary alicyclic amines) is 1. The molecule has 0 aromatic heterocycles. The number of nitrogens with zero attached hydrogens (tertiary/aromatic N) is 2. The number of rotatable bonds is 4. The third-order valence-electron chi connectivity index (χ3n) is 4.08. The van der Waals surface area contributed by atoms with Gasteiger partial charge in [0.2, 0.25) is 6.79 Å². The Kier molecular flexibility index (Phi) is 5.19. The van der Waals surface area contributed by atoms with Crippen LogP contribution in [0.3, 0.4) is 0 Å². The molecule has 1 aromatic rings. The van der Waals surface area contributed by atoms with Crippen molar-refractivity contribution in [2.75, 3.05) is 26.5 Å². The topological polar surface area (TPSA) is 88.9 Å². The highest BCUT2D eigenvalue weighted by Crippen LogP contribution is 2.33. The quantitative estimate of drug-likeness (QED) is 0.471. The number of carbonyl (C=O) groups excluding carboxylic acids is 2. The summed E-state index contributed by atoms with van der Waals surface area (Å²) in [5.41, 5.74) is 0.436. The molecule has 0 saturated carbocycles. The van der Waals surface area contributed by atoms with Crippen LogP contribution in [0.15, 0.2) is 23.8 Å². The van der Waals surface area contributed by atoms with Crippen molar-refractivity contribution < 1.29 is 23.8 Å². The van der Waals surface area contributed by atoms with Crippen molar-refractivity contribution in [3.05, 3.63) is 29.3 Å². The minimum atomic E-state index is -0.814. The molecule has 0 unspecified atom stereocenters. The van der Waals surface area contributed by atoms with Crippen LogP contribution in [0.5, 0.6) is 11.5 Å². The predicted octanol–water partition coefficient (Wildman–Crippen LogP) is 1.88. The van der Waals surface area contributed by atoms with E-state index in [2.05, 4.69) is 0 Å². The zero-order valence-electron chi connectivity index (χ0n) is 13.7. The molecule has 0 N–H and O–H groups in total. The maximum absolute atomic E-state index is 12.1. The fourth-order valence-electron chi connectivity index (χ4n) is 2.75. The van der Waals surface area contributed by atoms with Crippen molar-refractivity contribution in [1.82, 2.24) is 4.90 Å². The van der Waals surface area contributed by atoms with Gasteiger partial charge in [0.15, 0.2) is 18.1 Å². The Labute approximate surface area is 145 Å². The third kappa shape index (κ3) is 4.10. The summed E-state index contributed by atoms with van der Waals surface area (Å²) in [5, 5.41) is 9.19. The maximum Gasteiger partial charge on any atom is 0.349 e. The van der Waals surface area contributed by atoms with Gasteiger partial charge in [-0.05, 0) is 43.0 Å². The molecule has 3 rings (SSSR count). The highest BCUT2D eigenvalue weighted by atomic mass is 16.7. The summed E-state index contributed by atoms with van der Waals surface area (Å²) in [5.74, 6) is 0.129. The third-order valence-corrected chi connectivity index (χ3v) is 4.08. The number of ether oxygens (including phenoxy) is 3. The first-order chi connectivity index (χ1) is 12.2. The molecular formula is C18H18N2O5. The number of hydrogen-bond donors (Lipinski definition) is 0. The smallest absolute Gasteiger partial charge is 0.349 e. The van der Waals surface area contributed by atoms with E-state index in [1.165, 1.54) is 6.08 Å². The summed E-state index contributed by atoms with van der Waals surface area (Å²) in [6.45, 7) is 1.18. The fraction of sp³-hybridized carbons (Fsp3) is 0.389. The molecule has 2 aliphatic heterocycles. The Morgan fingerprint density at radius 1 is 1.20 bits per heavy atom. The van der Waals surface area contributed by atoms with Gasteiger partial charge in [-0.25, -0.2) is 4.79 Å². The van der Waals surface area contributed by atoms with Gasteiger partial charge < -0.3 is 19.1 Å². The largest absolute Gasteiger partial charge is 0.454 e. The van der Waals surface area contributed by atoms with Gasteiger partial charge in [-0.3, -0.25) is 4.79 Å². The van der Waals surface area contributed by atoms with Gasteiger partial charge in [-0.2, -0.15) is 5.26 Å². The zero-order valence-corrected chi connectivity index (χ0v) is 13.7. The monoisotopic (exact) mass is 342 g/mol. The molecule has 0 atom stereocenters. The second kappa shape index (κ2) is 7.71. The summed E-state index contributed by atoms with van der Waals surface area (Å²) >= 11 is 0. The van der Waals surface area contributed by atoms with Crippen LogP contribution < -0.4 is 9.47 Å². The van der Waals surface area contributed by atoms with E-state index < -0.39 is 5.97 Å². The van der Waals surface area contributed by atoms with E-state index in [0.29, 0.717) is 30.2 Å². The number of piperidine rings is 1. The molecule has 0 radical (unpaired) electrons. The molecule has 2 heterocycles. The first-order valence-corrected chi connectivity index (χ1v) is 8.14. The minimum absolute atomic E-state index is 0.147. The van der Waals surface area contributed by atoms with E-state index in [1.807, 2.05) is 6.07 Å². The Hall–Kier alpha value is -3.01. The highest BCUT2D eigenvalue weighted by Gasteiger charge is 2.20. The van der Waals surface area contributed by atoms with Crippen LogP contribution in [-0.4, -0.2) is 43.3 Å². The molecule has 0 spiro atoms. The molecule has 1 fully saturated rings. The lowest BCUT2D eigenvalue weighted by molar-refractivity contribution is -0.149. The van der Waals surface area contributed by atoms with Crippen LogP contribution in [0.4, 0.5) is 0 Å². The standard InChI is InChI=1S/C18H18N2O5/c19-10-14(8-13-4-5-15-16(9-13)25-12-24-15)18(22)23-11-17(21)20-6-2-1-3-7-20/h4-5,8-9H,1-3,6-7,11-12H2/b14-8-. The summed E-state index contributed by atoms with van der Waals surface area (Å²) < 4.78 is 15.5. The van der Waals surface area contributed by atoms with Crippen molar-refractivity contribution in [2.45, 2.75) is 19.3 Å². The Bertz CT molecular complexity index is 744. The number of nitriles is 1. The molecular weight excluding hydrogens is 324 g/mol. The molecule has 2 aliphatic rings. The number of benzene rings is 1. The number of amides is 1. The van der Waals surface area contributed by atoms with Crippen LogP contribution >= 0.6 is 0 Å². The molecule has 130 valence electrons. The second-order valence-electron chi connectivity index (χ2n) is 5.80. The lowest BCUT2D eigenvalue weighted by Gasteiger charge is -2.26. The first kappa shape index (κ1) is 16.8. The minimum Gasteiger partial charge on any atom is -0.454 e. The zero-order chi connectivity index (χ0) is 17.6. The molecule has 0 aliphatic carbocycles. The van der Waals surface area contributed by atoms with Gasteiger partial charge in [0.1, 0.15) is 11.6 Å². The van der Waals surface area contributed by atoms with Gasteiger partial charge >= 0.3 is 5.97 Å². The summed E-state index contributed by atoms with van der Waals surface area (Å²) in [6, 6.07) is 6.89. The number of hydrogen-bond acceptors (Lipinski definition) is 6. The Morgan fingerprint density at radius 3 is 2.72 bits per heavy atom. The molecule has 7 nitrogen and oxygen atoms in total. The van der Waals surface area contributed by atoms with Gasteiger partial charge in [0.05, 0.1) is 0 Å². The Balaban J connectivity index is 1.61. The summed E-state index contributed by atoms with van der Waals surface area (Å²) in [4.78, 5) is 25.8. The molecule has 0 bridgehead atoms. The first-order valence-electron chi connectivity index (χ1n) is 8.14. The van der Waals surface area contributed by atoms with E-state index in [-0.39, 0.29) is 24.9 Å². The Morgan fingerprint density at radius 2 is 1.96 bits per heavy atom. The van der Waals surface area contributed by atoms with Crippen molar-refractivity contribution in [2.24, 2.45) is 0 Å². The molecule has 1 aromatic carbocycles. The molecule has 1 saturated heterocycles. The average Bonchev–Trinajstić information content (AvgIpc) is 3.12. The molecule has 7 heteroatoms. The second-order valence-corrected chi connectivity index (χ2v) is 5.80. The summed E-state index contributed by atoms with van der Waals surface area (Å²) in [7, 11) is 0.